The van der Waals surface area contributed by atoms with Gasteiger partial charge in [0.1, 0.15) is 0 Å². The van der Waals surface area contributed by atoms with Crippen molar-refractivity contribution in [2.45, 2.75) is 135 Å². The van der Waals surface area contributed by atoms with Gasteiger partial charge in [-0.15, -0.1) is 0 Å². The Balaban J connectivity index is 0. The molecule has 0 unspecified atom stereocenters. The molecule has 7 nitrogen and oxygen atoms in total. The Hall–Kier alpha value is -1.02. The molecule has 37 heavy (non-hydrogen) atoms. The zero-order chi connectivity index (χ0) is 28.0. The predicted octanol–water partition coefficient (Wildman–Crippen LogP) is 8.12. The molecule has 0 saturated carbocycles. The first-order chi connectivity index (χ1) is 17.7. The molecule has 0 rings (SSSR count). The number of carbonyl (C=O) groups is 1. The van der Waals surface area contributed by atoms with Crippen molar-refractivity contribution in [2.24, 2.45) is 0 Å². The fraction of sp³-hybridized carbons (Fsp3) is 0.966. The highest BCUT2D eigenvalue weighted by Gasteiger charge is 2.06. The quantitative estimate of drug-likeness (QED) is 0.0510. The van der Waals surface area contributed by atoms with Crippen LogP contribution in [-0.4, -0.2) is 61.2 Å². The van der Waals surface area contributed by atoms with Crippen LogP contribution in [0, 0.1) is 15.3 Å². The Morgan fingerprint density at radius 2 is 1.05 bits per heavy atom. The number of unbranched alkanes of at least 4 members (excludes halogenated alkanes) is 16. The molecule has 0 fully saturated rings. The van der Waals surface area contributed by atoms with Crippen LogP contribution >= 0.6 is 11.8 Å². The molecular formula is C29H61N3O4S. The van der Waals surface area contributed by atoms with Crippen LogP contribution in [0.4, 0.5) is 0 Å². The lowest BCUT2D eigenvalue weighted by Gasteiger charge is -2.23. The van der Waals surface area contributed by atoms with Gasteiger partial charge in [0.2, 0.25) is 5.91 Å². The van der Waals surface area contributed by atoms with Crippen LogP contribution in [0.15, 0.2) is 0 Å². The second-order valence-corrected chi connectivity index (χ2v) is 12.5. The van der Waals surface area contributed by atoms with Crippen molar-refractivity contribution in [1.82, 2.24) is 5.32 Å². The molecule has 222 valence electrons. The van der Waals surface area contributed by atoms with Gasteiger partial charge < -0.3 is 25.1 Å². The molecule has 0 atom stereocenters. The monoisotopic (exact) mass is 547 g/mol. The molecule has 0 heterocycles. The zero-order valence-corrected chi connectivity index (χ0v) is 25.7. The number of carbonyl (C=O) groups excluding carboxylic acids is 1. The van der Waals surface area contributed by atoms with Crippen LogP contribution < -0.4 is 5.32 Å². The van der Waals surface area contributed by atoms with Crippen LogP contribution in [-0.2, 0) is 4.79 Å². The normalized spacial score (nSPS) is 11.1. The van der Waals surface area contributed by atoms with E-state index in [1.165, 1.54) is 121 Å². The molecule has 8 heteroatoms. The van der Waals surface area contributed by atoms with Gasteiger partial charge >= 0.3 is 0 Å². The summed E-state index contributed by atoms with van der Waals surface area (Å²) < 4.78 is 0.966. The summed E-state index contributed by atoms with van der Waals surface area (Å²) in [4.78, 5) is 20.1. The molecule has 0 aromatic heterocycles. The number of nitrogens with one attached hydrogen (secondary N) is 1. The molecule has 0 aromatic carbocycles. The van der Waals surface area contributed by atoms with Crippen molar-refractivity contribution in [3.05, 3.63) is 15.3 Å². The lowest BCUT2D eigenvalue weighted by Crippen LogP contribution is -2.37. The van der Waals surface area contributed by atoms with E-state index in [1.54, 1.807) is 0 Å². The minimum Gasteiger partial charge on any atom is -0.356 e. The highest BCUT2D eigenvalue weighted by Crippen LogP contribution is 2.15. The van der Waals surface area contributed by atoms with E-state index in [1.807, 2.05) is 0 Å². The zero-order valence-electron chi connectivity index (χ0n) is 24.9. The largest absolute Gasteiger partial charge is 0.356 e. The Kier molecular flexibility index (Phi) is 30.4. The van der Waals surface area contributed by atoms with Gasteiger partial charge in [-0.25, -0.2) is 0 Å². The fourth-order valence-corrected chi connectivity index (χ4v) is 5.23. The van der Waals surface area contributed by atoms with E-state index in [0.29, 0.717) is 6.42 Å². The third kappa shape index (κ3) is 42.3. The summed E-state index contributed by atoms with van der Waals surface area (Å²) in [5.74, 6) is 2.98. The summed E-state index contributed by atoms with van der Waals surface area (Å²) in [5.41, 5.74) is 0. The smallest absolute Gasteiger partial charge is 0.219 e. The second-order valence-electron chi connectivity index (χ2n) is 11.3. The number of quaternary nitrogens is 1. The Bertz CT molecular complexity index is 498. The number of thioether (sulfide) groups is 1. The van der Waals surface area contributed by atoms with Crippen molar-refractivity contribution in [1.29, 1.82) is 0 Å². The molecule has 0 spiro atoms. The van der Waals surface area contributed by atoms with Crippen LogP contribution in [0.3, 0.4) is 0 Å². The summed E-state index contributed by atoms with van der Waals surface area (Å²) in [6, 6.07) is 0. The van der Waals surface area contributed by atoms with E-state index in [9.17, 15) is 4.79 Å². The first-order valence-electron chi connectivity index (χ1n) is 15.2. The Labute approximate surface area is 233 Å². The van der Waals surface area contributed by atoms with E-state index in [4.69, 9.17) is 15.3 Å². The minimum atomic E-state index is -1.75. The van der Waals surface area contributed by atoms with Gasteiger partial charge in [-0.05, 0) is 30.8 Å². The molecule has 0 aromatic rings. The standard InChI is InChI=1S/C29H60N2OS.NO3/c1-5-6-7-8-9-10-12-15-18-21-27-33-28-22-19-16-13-11-14-17-20-24-29(32)30-25-23-26-31(2,3)4;2-1(3)4/h5-28H2,1-4H3;/q;-1/p+1. The van der Waals surface area contributed by atoms with Gasteiger partial charge in [0.05, 0.1) is 32.8 Å². The molecule has 0 bridgehead atoms. The fourth-order valence-electron chi connectivity index (χ4n) is 4.21. The SMILES string of the molecule is CCCCCCCCCCCCSCCCCCCCCCCC(=O)NCCC[N+](C)(C)C.O=[N+]([O-])[O-]. The van der Waals surface area contributed by atoms with Crippen LogP contribution in [0.2, 0.25) is 0 Å². The van der Waals surface area contributed by atoms with Crippen molar-refractivity contribution >= 4 is 17.7 Å². The number of rotatable bonds is 26. The number of nitrogens with zero attached hydrogens (tertiary/aromatic N) is 2. The maximum Gasteiger partial charge on any atom is 0.219 e. The maximum atomic E-state index is 11.9. The molecule has 0 aliphatic rings. The average molecular weight is 548 g/mol. The first kappa shape index (κ1) is 38.1. The van der Waals surface area contributed by atoms with Crippen LogP contribution in [0.25, 0.3) is 0 Å². The Morgan fingerprint density at radius 3 is 1.46 bits per heavy atom. The number of amides is 1. The lowest BCUT2D eigenvalue weighted by molar-refractivity contribution is -0.870. The van der Waals surface area contributed by atoms with E-state index >= 15 is 0 Å². The molecule has 1 N–H and O–H groups in total. The minimum absolute atomic E-state index is 0.242. The predicted molar refractivity (Wildman–Crippen MR) is 162 cm³/mol. The number of hydrogen-bond donors (Lipinski definition) is 1. The first-order valence-corrected chi connectivity index (χ1v) is 16.3. The number of hydrogen-bond acceptors (Lipinski definition) is 5. The van der Waals surface area contributed by atoms with Crippen molar-refractivity contribution in [3.63, 3.8) is 0 Å². The second kappa shape index (κ2) is 29.5. The van der Waals surface area contributed by atoms with Gasteiger partial charge in [-0.1, -0.05) is 103 Å². The van der Waals surface area contributed by atoms with E-state index in [-0.39, 0.29) is 5.91 Å². The van der Waals surface area contributed by atoms with Crippen molar-refractivity contribution < 1.29 is 14.4 Å². The molecule has 0 aliphatic heterocycles. The highest BCUT2D eigenvalue weighted by molar-refractivity contribution is 7.99. The molecule has 0 saturated heterocycles. The van der Waals surface area contributed by atoms with Crippen LogP contribution in [0.1, 0.15) is 135 Å². The van der Waals surface area contributed by atoms with Crippen LogP contribution in [0.5, 0.6) is 0 Å². The van der Waals surface area contributed by atoms with Gasteiger partial charge in [0.15, 0.2) is 0 Å². The van der Waals surface area contributed by atoms with Gasteiger partial charge in [0, 0.05) is 19.4 Å². The molecule has 0 radical (unpaired) electrons. The van der Waals surface area contributed by atoms with Crippen molar-refractivity contribution in [3.8, 4) is 0 Å². The molecule has 1 amide bonds. The van der Waals surface area contributed by atoms with Gasteiger partial charge in [-0.3, -0.25) is 4.79 Å². The van der Waals surface area contributed by atoms with E-state index in [2.05, 4.69) is 45.1 Å². The molecule has 0 aliphatic carbocycles. The summed E-state index contributed by atoms with van der Waals surface area (Å²) in [5, 5.41) is 17.8. The van der Waals surface area contributed by atoms with Crippen molar-refractivity contribution in [2.75, 3.05) is 45.7 Å². The third-order valence-corrected chi connectivity index (χ3v) is 7.57. The lowest BCUT2D eigenvalue weighted by atomic mass is 10.1. The summed E-state index contributed by atoms with van der Waals surface area (Å²) in [6.07, 6.45) is 26.6. The maximum absolute atomic E-state index is 11.9. The van der Waals surface area contributed by atoms with E-state index < -0.39 is 5.09 Å². The summed E-state index contributed by atoms with van der Waals surface area (Å²) in [7, 11) is 6.59. The van der Waals surface area contributed by atoms with Gasteiger partial charge in [0.25, 0.3) is 0 Å². The highest BCUT2D eigenvalue weighted by atomic mass is 32.2. The summed E-state index contributed by atoms with van der Waals surface area (Å²) >= 11 is 2.18. The third-order valence-electron chi connectivity index (χ3n) is 6.41. The molecular weight excluding hydrogens is 486 g/mol. The summed E-state index contributed by atoms with van der Waals surface area (Å²) in [6.45, 7) is 4.23. The average Bonchev–Trinajstić information content (AvgIpc) is 2.82. The van der Waals surface area contributed by atoms with E-state index in [0.717, 1.165) is 30.4 Å². The van der Waals surface area contributed by atoms with Gasteiger partial charge in [-0.2, -0.15) is 11.8 Å². The Morgan fingerprint density at radius 1 is 0.676 bits per heavy atom. The topological polar surface area (TPSA) is 95.3 Å².